The van der Waals surface area contributed by atoms with Gasteiger partial charge in [0.2, 0.25) is 0 Å². The Kier molecular flexibility index (Phi) is 10.7. The third kappa shape index (κ3) is 8.28. The van der Waals surface area contributed by atoms with E-state index in [2.05, 4.69) is 72.4 Å². The molecule has 0 amide bonds. The maximum absolute atomic E-state index is 10.7. The minimum atomic E-state index is -0.833. The smallest absolute Gasteiger partial charge is 1.00 e. The Balaban J connectivity index is 0.00000210. The van der Waals surface area contributed by atoms with Crippen LogP contribution in [0.3, 0.4) is 0 Å². The fraction of sp³-hybridized carbons (Fsp3) is 0.303. The number of pyridine rings is 1. The first-order valence-corrected chi connectivity index (χ1v) is 14.5. The molecule has 192 valence electrons. The van der Waals surface area contributed by atoms with Crippen LogP contribution in [-0.2, 0) is 12.0 Å². The average Bonchev–Trinajstić information content (AvgIpc) is 3.72. The summed E-state index contributed by atoms with van der Waals surface area (Å²) in [6.45, 7) is 3.75. The SMILES string of the molecule is CC(C)(O)c1ccccc1CCC(SCC1CC1)c1cccc(/C=C/c2ccc3ccc(Cl)cc3n2)c1.[H-].[K+]. The number of thioether (sulfide) groups is 1. The number of hydrogen-bond donors (Lipinski definition) is 1. The van der Waals surface area contributed by atoms with E-state index in [1.54, 1.807) is 0 Å². The number of benzene rings is 3. The molecule has 1 N–H and O–H groups in total. The van der Waals surface area contributed by atoms with Crippen LogP contribution in [0.2, 0.25) is 5.02 Å². The summed E-state index contributed by atoms with van der Waals surface area (Å²) in [4.78, 5) is 4.76. The molecule has 5 heteroatoms. The van der Waals surface area contributed by atoms with E-state index in [1.165, 1.54) is 35.3 Å². The van der Waals surface area contributed by atoms with E-state index in [0.29, 0.717) is 10.3 Å². The van der Waals surface area contributed by atoms with Crippen LogP contribution in [0.25, 0.3) is 23.1 Å². The van der Waals surface area contributed by atoms with Gasteiger partial charge in [-0.3, -0.25) is 0 Å². The number of hydrogen-bond acceptors (Lipinski definition) is 3. The molecule has 1 aromatic heterocycles. The molecular weight excluding hydrogens is 533 g/mol. The minimum Gasteiger partial charge on any atom is -1.00 e. The summed E-state index contributed by atoms with van der Waals surface area (Å²) in [6, 6.07) is 27.2. The molecule has 5 rings (SSSR count). The van der Waals surface area contributed by atoms with E-state index in [1.807, 2.05) is 44.2 Å². The van der Waals surface area contributed by atoms with Crippen LogP contribution in [0.1, 0.15) is 67.7 Å². The molecule has 38 heavy (non-hydrogen) atoms. The molecule has 1 saturated carbocycles. The number of fused-ring (bicyclic) bond motifs is 1. The second-order valence-electron chi connectivity index (χ2n) is 10.6. The normalized spacial score (nSPS) is 14.5. The van der Waals surface area contributed by atoms with Gasteiger partial charge in [-0.1, -0.05) is 78.3 Å². The van der Waals surface area contributed by atoms with E-state index >= 15 is 0 Å². The summed E-state index contributed by atoms with van der Waals surface area (Å²) in [7, 11) is 0. The predicted molar refractivity (Wildman–Crippen MR) is 161 cm³/mol. The fourth-order valence-corrected chi connectivity index (χ4v) is 6.38. The Morgan fingerprint density at radius 2 is 1.82 bits per heavy atom. The Morgan fingerprint density at radius 3 is 2.61 bits per heavy atom. The maximum atomic E-state index is 10.7. The summed E-state index contributed by atoms with van der Waals surface area (Å²) in [5.41, 5.74) is 5.81. The molecule has 1 atom stereocenters. The molecule has 0 radical (unpaired) electrons. The van der Waals surface area contributed by atoms with E-state index in [9.17, 15) is 5.11 Å². The van der Waals surface area contributed by atoms with Crippen LogP contribution >= 0.6 is 23.4 Å². The third-order valence-corrected chi connectivity index (χ3v) is 8.80. The first kappa shape index (κ1) is 30.0. The molecule has 0 saturated heterocycles. The number of aliphatic hydroxyl groups is 1. The van der Waals surface area contributed by atoms with Crippen molar-refractivity contribution in [3.05, 3.63) is 112 Å². The van der Waals surface area contributed by atoms with Gasteiger partial charge in [-0.2, -0.15) is 11.8 Å². The molecular formula is C33H35ClKNOS. The summed E-state index contributed by atoms with van der Waals surface area (Å²) in [5.74, 6) is 2.10. The Morgan fingerprint density at radius 1 is 1.03 bits per heavy atom. The van der Waals surface area contributed by atoms with E-state index in [-0.39, 0.29) is 52.8 Å². The zero-order valence-corrected chi connectivity index (χ0v) is 27.2. The van der Waals surface area contributed by atoms with Crippen molar-refractivity contribution < 1.29 is 57.9 Å². The first-order chi connectivity index (χ1) is 17.8. The molecule has 4 aromatic rings. The van der Waals surface area contributed by atoms with Crippen LogP contribution in [0.15, 0.2) is 78.9 Å². The van der Waals surface area contributed by atoms with E-state index < -0.39 is 5.60 Å². The molecule has 2 nitrogen and oxygen atoms in total. The largest absolute Gasteiger partial charge is 1.00 e. The predicted octanol–water partition coefficient (Wildman–Crippen LogP) is 6.22. The molecule has 0 aliphatic heterocycles. The number of rotatable bonds is 10. The van der Waals surface area contributed by atoms with Crippen LogP contribution in [0.5, 0.6) is 0 Å². The van der Waals surface area contributed by atoms with Crippen LogP contribution in [0.4, 0.5) is 0 Å². The number of nitrogens with zero attached hydrogens (tertiary/aromatic N) is 1. The van der Waals surface area contributed by atoms with Crippen molar-refractivity contribution in [3.63, 3.8) is 0 Å². The topological polar surface area (TPSA) is 33.1 Å². The van der Waals surface area contributed by atoms with Crippen molar-refractivity contribution in [2.45, 2.75) is 50.4 Å². The minimum absolute atomic E-state index is 0. The van der Waals surface area contributed by atoms with Crippen LogP contribution < -0.4 is 51.4 Å². The zero-order valence-electron chi connectivity index (χ0n) is 23.5. The summed E-state index contributed by atoms with van der Waals surface area (Å²) >= 11 is 8.26. The summed E-state index contributed by atoms with van der Waals surface area (Å²) < 4.78 is 0. The van der Waals surface area contributed by atoms with Crippen molar-refractivity contribution in [1.82, 2.24) is 4.98 Å². The van der Waals surface area contributed by atoms with Crippen LogP contribution in [0, 0.1) is 5.92 Å². The van der Waals surface area contributed by atoms with E-state index in [0.717, 1.165) is 40.9 Å². The standard InChI is InChI=1S/C33H34ClNOS.K.H/c1-33(2,36)30-9-4-3-7-25(30)15-19-32(37-22-24-10-11-24)27-8-5-6-23(20-27)12-17-29-18-14-26-13-16-28(34)21-31(26)35-29;;/h3-9,12-14,16-18,20-21,24,32,36H,10-11,15,19,22H2,1-2H3;;/q;+1;-1/b17-12+;;. The van der Waals surface area contributed by atoms with Gasteiger partial charge in [0, 0.05) is 15.7 Å². The van der Waals surface area contributed by atoms with Gasteiger partial charge >= 0.3 is 51.4 Å². The quantitative estimate of drug-likeness (QED) is 0.231. The van der Waals surface area contributed by atoms with Gasteiger partial charge < -0.3 is 6.53 Å². The second-order valence-corrected chi connectivity index (χ2v) is 12.3. The number of aromatic nitrogens is 1. The summed E-state index contributed by atoms with van der Waals surface area (Å²) in [5, 5.41) is 12.9. The first-order valence-electron chi connectivity index (χ1n) is 13.1. The van der Waals surface area contributed by atoms with Crippen molar-refractivity contribution in [2.24, 2.45) is 5.92 Å². The molecule has 1 aliphatic carbocycles. The Hall–Kier alpha value is -0.954. The van der Waals surface area contributed by atoms with Crippen molar-refractivity contribution in [1.29, 1.82) is 0 Å². The average molecular weight is 568 g/mol. The number of aryl methyl sites for hydroxylation is 1. The van der Waals surface area contributed by atoms with Gasteiger partial charge in [-0.05, 0) is 97.7 Å². The zero-order chi connectivity index (χ0) is 25.8. The number of halogens is 1. The van der Waals surface area contributed by atoms with Gasteiger partial charge in [-0.15, -0.1) is 0 Å². The van der Waals surface area contributed by atoms with Gasteiger partial charge in [-0.25, -0.2) is 4.98 Å². The third-order valence-electron chi connectivity index (χ3n) is 6.99. The monoisotopic (exact) mass is 567 g/mol. The molecule has 0 bridgehead atoms. The molecule has 1 aliphatic rings. The molecule has 0 spiro atoms. The molecule has 1 fully saturated rings. The summed E-state index contributed by atoms with van der Waals surface area (Å²) in [6.07, 6.45) is 8.96. The molecule has 3 aromatic carbocycles. The molecule has 1 heterocycles. The Labute approximate surface area is 280 Å². The van der Waals surface area contributed by atoms with Gasteiger partial charge in [0.15, 0.2) is 0 Å². The maximum Gasteiger partial charge on any atom is 1.00 e. The van der Waals surface area contributed by atoms with Gasteiger partial charge in [0.05, 0.1) is 16.8 Å². The molecule has 1 unspecified atom stereocenters. The van der Waals surface area contributed by atoms with Crippen molar-refractivity contribution in [3.8, 4) is 0 Å². The van der Waals surface area contributed by atoms with Crippen LogP contribution in [-0.4, -0.2) is 15.8 Å². The Bertz CT molecular complexity index is 1420. The fourth-order valence-electron chi connectivity index (χ4n) is 4.75. The second kappa shape index (κ2) is 13.6. The van der Waals surface area contributed by atoms with Gasteiger partial charge in [0.25, 0.3) is 0 Å². The van der Waals surface area contributed by atoms with E-state index in [4.69, 9.17) is 16.6 Å². The van der Waals surface area contributed by atoms with Crippen molar-refractivity contribution >= 4 is 46.4 Å². The van der Waals surface area contributed by atoms with Crippen molar-refractivity contribution in [2.75, 3.05) is 5.75 Å². The van der Waals surface area contributed by atoms with Gasteiger partial charge in [0.1, 0.15) is 0 Å².